The molecule has 3 rings (SSSR count). The number of carbonyl (C=O) groups is 2. The Kier molecular flexibility index (Phi) is 5.55. The molecular formula is C17H22N4O3. The summed E-state index contributed by atoms with van der Waals surface area (Å²) in [6.45, 7) is 4.64. The average molecular weight is 330 g/mol. The fraction of sp³-hybridized carbons (Fsp3) is 0.471. The molecule has 0 spiro atoms. The van der Waals surface area contributed by atoms with Gasteiger partial charge in [-0.3, -0.25) is 14.5 Å². The zero-order chi connectivity index (χ0) is 16.8. The van der Waals surface area contributed by atoms with Crippen molar-refractivity contribution in [3.63, 3.8) is 0 Å². The number of nitrogens with one attached hydrogen (secondary N) is 1. The maximum absolute atomic E-state index is 12.3. The third-order valence-electron chi connectivity index (χ3n) is 4.11. The number of carbonyl (C=O) groups excluding carboxylic acids is 2. The van der Waals surface area contributed by atoms with Crippen molar-refractivity contribution >= 4 is 23.2 Å². The van der Waals surface area contributed by atoms with E-state index in [0.29, 0.717) is 30.8 Å². The third-order valence-corrected chi connectivity index (χ3v) is 4.11. The molecule has 2 aliphatic heterocycles. The average Bonchev–Trinajstić information content (AvgIpc) is 2.63. The molecule has 0 atom stereocenters. The second-order valence-corrected chi connectivity index (χ2v) is 5.80. The van der Waals surface area contributed by atoms with Gasteiger partial charge in [-0.25, -0.2) is 5.01 Å². The molecule has 24 heavy (non-hydrogen) atoms. The van der Waals surface area contributed by atoms with E-state index in [-0.39, 0.29) is 11.8 Å². The zero-order valence-corrected chi connectivity index (χ0v) is 13.6. The van der Waals surface area contributed by atoms with Crippen LogP contribution in [0, 0.1) is 0 Å². The molecule has 128 valence electrons. The van der Waals surface area contributed by atoms with Crippen molar-refractivity contribution in [2.24, 2.45) is 5.10 Å². The monoisotopic (exact) mass is 330 g/mol. The van der Waals surface area contributed by atoms with Crippen molar-refractivity contribution in [2.75, 3.05) is 44.4 Å². The first-order valence-electron chi connectivity index (χ1n) is 8.28. The van der Waals surface area contributed by atoms with Crippen LogP contribution in [0.4, 0.5) is 5.69 Å². The number of hydrogen-bond donors (Lipinski definition) is 1. The lowest BCUT2D eigenvalue weighted by Gasteiger charge is -2.27. The predicted octanol–water partition coefficient (Wildman–Crippen LogP) is 0.618. The molecule has 2 amide bonds. The van der Waals surface area contributed by atoms with E-state index in [1.807, 2.05) is 18.2 Å². The van der Waals surface area contributed by atoms with Crippen molar-refractivity contribution in [3.05, 3.63) is 30.3 Å². The highest BCUT2D eigenvalue weighted by Crippen LogP contribution is 2.19. The molecule has 0 aromatic heterocycles. The van der Waals surface area contributed by atoms with Crippen LogP contribution in [0.2, 0.25) is 0 Å². The summed E-state index contributed by atoms with van der Waals surface area (Å²) in [6, 6.07) is 9.17. The van der Waals surface area contributed by atoms with Crippen molar-refractivity contribution in [1.82, 2.24) is 10.2 Å². The second kappa shape index (κ2) is 8.03. The first kappa shape index (κ1) is 16.6. The van der Waals surface area contributed by atoms with Gasteiger partial charge >= 0.3 is 0 Å². The van der Waals surface area contributed by atoms with Crippen LogP contribution in [0.5, 0.6) is 0 Å². The number of rotatable bonds is 5. The Balaban J connectivity index is 1.56. The highest BCUT2D eigenvalue weighted by molar-refractivity contribution is 6.40. The zero-order valence-electron chi connectivity index (χ0n) is 13.6. The van der Waals surface area contributed by atoms with Gasteiger partial charge in [0.15, 0.2) is 0 Å². The van der Waals surface area contributed by atoms with Crippen LogP contribution >= 0.6 is 0 Å². The topological polar surface area (TPSA) is 74.2 Å². The van der Waals surface area contributed by atoms with Crippen molar-refractivity contribution in [3.8, 4) is 0 Å². The number of nitrogens with zero attached hydrogens (tertiary/aromatic N) is 3. The summed E-state index contributed by atoms with van der Waals surface area (Å²) in [4.78, 5) is 26.6. The molecule has 1 aromatic rings. The summed E-state index contributed by atoms with van der Waals surface area (Å²) in [7, 11) is 0. The largest absolute Gasteiger partial charge is 0.379 e. The van der Waals surface area contributed by atoms with Crippen LogP contribution < -0.4 is 10.3 Å². The minimum Gasteiger partial charge on any atom is -0.379 e. The highest BCUT2D eigenvalue weighted by atomic mass is 16.5. The molecule has 7 heteroatoms. The number of amides is 2. The van der Waals surface area contributed by atoms with Gasteiger partial charge in [0.05, 0.1) is 18.9 Å². The molecule has 0 unspecified atom stereocenters. The summed E-state index contributed by atoms with van der Waals surface area (Å²) in [5.74, 6) is -0.289. The van der Waals surface area contributed by atoms with Crippen molar-refractivity contribution in [2.45, 2.75) is 12.8 Å². The number of para-hydroxylation sites is 1. The summed E-state index contributed by atoms with van der Waals surface area (Å²) < 4.78 is 5.30. The minimum absolute atomic E-state index is 0.0916. The first-order valence-corrected chi connectivity index (χ1v) is 8.28. The Morgan fingerprint density at radius 1 is 1.17 bits per heavy atom. The van der Waals surface area contributed by atoms with E-state index in [1.54, 1.807) is 12.1 Å². The van der Waals surface area contributed by atoms with Gasteiger partial charge in [0.1, 0.15) is 5.71 Å². The van der Waals surface area contributed by atoms with Crippen molar-refractivity contribution < 1.29 is 14.3 Å². The lowest BCUT2D eigenvalue weighted by Crippen LogP contribution is -2.44. The normalized spacial score (nSPS) is 19.1. The number of hydrazone groups is 1. The lowest BCUT2D eigenvalue weighted by atomic mass is 10.1. The smallest absolute Gasteiger partial charge is 0.267 e. The van der Waals surface area contributed by atoms with E-state index >= 15 is 0 Å². The van der Waals surface area contributed by atoms with Crippen LogP contribution in [-0.2, 0) is 14.3 Å². The number of hydrogen-bond acceptors (Lipinski definition) is 5. The lowest BCUT2D eigenvalue weighted by molar-refractivity contribution is -0.118. The fourth-order valence-electron chi connectivity index (χ4n) is 2.74. The van der Waals surface area contributed by atoms with Crippen LogP contribution in [0.15, 0.2) is 35.4 Å². The molecule has 7 nitrogen and oxygen atoms in total. The van der Waals surface area contributed by atoms with Crippen LogP contribution in [0.3, 0.4) is 0 Å². The third kappa shape index (κ3) is 4.18. The number of morpholine rings is 1. The summed E-state index contributed by atoms with van der Waals surface area (Å²) in [6.07, 6.45) is 0.677. The molecule has 2 aliphatic rings. The number of ether oxygens (including phenoxy) is 1. The summed E-state index contributed by atoms with van der Waals surface area (Å²) >= 11 is 0. The predicted molar refractivity (Wildman–Crippen MR) is 90.9 cm³/mol. The van der Waals surface area contributed by atoms with Gasteiger partial charge in [-0.05, 0) is 12.1 Å². The molecule has 1 fully saturated rings. The van der Waals surface area contributed by atoms with Crippen LogP contribution in [0.25, 0.3) is 0 Å². The van der Waals surface area contributed by atoms with E-state index in [4.69, 9.17) is 4.74 Å². The Hall–Kier alpha value is -2.25. The molecule has 1 aromatic carbocycles. The quantitative estimate of drug-likeness (QED) is 0.859. The van der Waals surface area contributed by atoms with Crippen molar-refractivity contribution in [1.29, 1.82) is 0 Å². The van der Waals surface area contributed by atoms with Gasteiger partial charge in [0.2, 0.25) is 5.91 Å². The Bertz CT molecular complexity index is 612. The fourth-order valence-corrected chi connectivity index (χ4v) is 2.74. The molecule has 1 N–H and O–H groups in total. The molecule has 2 heterocycles. The van der Waals surface area contributed by atoms with E-state index in [2.05, 4.69) is 15.3 Å². The maximum atomic E-state index is 12.3. The SMILES string of the molecule is O=C(NCCN1CCOCC1)C1=NN(c2ccccc2)C(=O)CC1. The Morgan fingerprint density at radius 3 is 2.67 bits per heavy atom. The first-order chi connectivity index (χ1) is 11.7. The summed E-state index contributed by atoms with van der Waals surface area (Å²) in [5, 5.41) is 8.47. The van der Waals surface area contributed by atoms with Gasteiger partial charge in [-0.15, -0.1) is 0 Å². The van der Waals surface area contributed by atoms with Crippen LogP contribution in [-0.4, -0.2) is 61.8 Å². The highest BCUT2D eigenvalue weighted by Gasteiger charge is 2.25. The minimum atomic E-state index is -0.198. The van der Waals surface area contributed by atoms with Gasteiger partial charge in [-0.1, -0.05) is 18.2 Å². The second-order valence-electron chi connectivity index (χ2n) is 5.80. The van der Waals surface area contributed by atoms with E-state index in [9.17, 15) is 9.59 Å². The van der Waals surface area contributed by atoms with Gasteiger partial charge in [0.25, 0.3) is 5.91 Å². The van der Waals surface area contributed by atoms with Gasteiger partial charge in [0, 0.05) is 39.0 Å². The maximum Gasteiger partial charge on any atom is 0.267 e. The standard InChI is InChI=1S/C17H22N4O3/c22-16-7-6-15(19-21(16)14-4-2-1-3-5-14)17(23)18-8-9-20-10-12-24-13-11-20/h1-5H,6-13H2,(H,18,23). The van der Waals surface area contributed by atoms with E-state index in [0.717, 1.165) is 32.8 Å². The summed E-state index contributed by atoms with van der Waals surface area (Å²) in [5.41, 5.74) is 1.08. The van der Waals surface area contributed by atoms with E-state index < -0.39 is 0 Å². The molecule has 0 saturated carbocycles. The van der Waals surface area contributed by atoms with Gasteiger partial charge in [-0.2, -0.15) is 5.10 Å². The van der Waals surface area contributed by atoms with Gasteiger partial charge < -0.3 is 10.1 Å². The van der Waals surface area contributed by atoms with E-state index in [1.165, 1.54) is 5.01 Å². The molecule has 0 aliphatic carbocycles. The van der Waals surface area contributed by atoms with Crippen LogP contribution in [0.1, 0.15) is 12.8 Å². The Labute approximate surface area is 141 Å². The molecule has 1 saturated heterocycles. The molecular weight excluding hydrogens is 308 g/mol. The number of benzene rings is 1. The molecule has 0 radical (unpaired) electrons. The number of anilines is 1. The molecule has 0 bridgehead atoms. The Morgan fingerprint density at radius 2 is 1.92 bits per heavy atom.